The molecule has 1 saturated heterocycles. The standard InChI is InChI=1S/C30H39NO2/c1-19-16-25-27-12-14-30(13-5-15-33-30)29(27,2)18-26(20-6-8-21(9-7-20)31(3)4)28(25)23-11-10-22(32)17-24(19)23/h6-9,17,19,25-27H,5,10-16,18H2,1-4H3/t19-,25?,26?,27?,29+,30+/m1/s1. The molecule has 6 atom stereocenters. The molecule has 3 fully saturated rings. The van der Waals surface area contributed by atoms with E-state index < -0.39 is 0 Å². The van der Waals surface area contributed by atoms with Gasteiger partial charge in [0.1, 0.15) is 0 Å². The van der Waals surface area contributed by atoms with Crippen LogP contribution >= 0.6 is 0 Å². The molecule has 1 heterocycles. The molecule has 0 radical (unpaired) electrons. The van der Waals surface area contributed by atoms with E-state index in [9.17, 15) is 4.79 Å². The Balaban J connectivity index is 1.51. The maximum absolute atomic E-state index is 12.4. The lowest BCUT2D eigenvalue weighted by Gasteiger charge is -2.56. The van der Waals surface area contributed by atoms with Crippen LogP contribution < -0.4 is 4.90 Å². The van der Waals surface area contributed by atoms with E-state index in [0.29, 0.717) is 35.9 Å². The Hall–Kier alpha value is -1.87. The normalized spacial score (nSPS) is 39.9. The topological polar surface area (TPSA) is 29.5 Å². The fraction of sp³-hybridized carbons (Fsp3) is 0.633. The van der Waals surface area contributed by atoms with Crippen LogP contribution in [0.25, 0.3) is 0 Å². The minimum Gasteiger partial charge on any atom is -0.378 e. The lowest BCUT2D eigenvalue weighted by atomic mass is 9.50. The predicted molar refractivity (Wildman–Crippen MR) is 133 cm³/mol. The number of fused-ring (bicyclic) bond motifs is 5. The molecular weight excluding hydrogens is 406 g/mol. The number of benzene rings is 1. The number of hydrogen-bond donors (Lipinski definition) is 0. The Morgan fingerprint density at radius 2 is 1.88 bits per heavy atom. The fourth-order valence-corrected chi connectivity index (χ4v) is 8.68. The highest BCUT2D eigenvalue weighted by Crippen LogP contribution is 2.69. The highest BCUT2D eigenvalue weighted by molar-refractivity contribution is 5.93. The van der Waals surface area contributed by atoms with Gasteiger partial charge in [-0.05, 0) is 97.6 Å². The van der Waals surface area contributed by atoms with E-state index >= 15 is 0 Å². The van der Waals surface area contributed by atoms with Crippen molar-refractivity contribution in [3.8, 4) is 0 Å². The number of ether oxygens (including phenoxy) is 1. The molecule has 33 heavy (non-hydrogen) atoms. The molecule has 1 aliphatic heterocycles. The zero-order valence-electron chi connectivity index (χ0n) is 20.8. The van der Waals surface area contributed by atoms with Crippen LogP contribution in [0, 0.1) is 23.2 Å². The maximum atomic E-state index is 12.4. The second kappa shape index (κ2) is 7.57. The smallest absolute Gasteiger partial charge is 0.156 e. The summed E-state index contributed by atoms with van der Waals surface area (Å²) in [5.41, 5.74) is 7.63. The molecule has 6 rings (SSSR count). The lowest BCUT2D eigenvalue weighted by Crippen LogP contribution is -2.51. The van der Waals surface area contributed by atoms with Gasteiger partial charge in [-0.3, -0.25) is 4.79 Å². The molecule has 1 aromatic rings. The molecule has 3 heteroatoms. The van der Waals surface area contributed by atoms with E-state index in [1.54, 1.807) is 11.1 Å². The van der Waals surface area contributed by atoms with Crippen molar-refractivity contribution in [1.82, 2.24) is 0 Å². The van der Waals surface area contributed by atoms with Crippen molar-refractivity contribution in [2.75, 3.05) is 25.6 Å². The van der Waals surface area contributed by atoms with E-state index in [4.69, 9.17) is 4.74 Å². The number of carbonyl (C=O) groups is 1. The molecule has 0 bridgehead atoms. The second-order valence-corrected chi connectivity index (χ2v) is 12.0. The number of anilines is 1. The first-order chi connectivity index (χ1) is 15.8. The molecule has 176 valence electrons. The molecule has 5 aliphatic rings. The van der Waals surface area contributed by atoms with Gasteiger partial charge in [-0.2, -0.15) is 0 Å². The molecule has 1 spiro atoms. The average molecular weight is 446 g/mol. The van der Waals surface area contributed by atoms with Crippen LogP contribution in [0.2, 0.25) is 0 Å². The predicted octanol–water partition coefficient (Wildman–Crippen LogP) is 6.45. The van der Waals surface area contributed by atoms with Crippen molar-refractivity contribution in [2.24, 2.45) is 23.2 Å². The van der Waals surface area contributed by atoms with Gasteiger partial charge in [0.2, 0.25) is 0 Å². The monoisotopic (exact) mass is 445 g/mol. The number of ketones is 1. The van der Waals surface area contributed by atoms with Gasteiger partial charge in [0.25, 0.3) is 0 Å². The van der Waals surface area contributed by atoms with E-state index in [2.05, 4.69) is 57.1 Å². The highest BCUT2D eigenvalue weighted by Gasteiger charge is 2.64. The number of nitrogens with zero attached hydrogens (tertiary/aromatic N) is 1. The van der Waals surface area contributed by atoms with Crippen molar-refractivity contribution in [2.45, 2.75) is 76.7 Å². The van der Waals surface area contributed by atoms with E-state index in [1.807, 2.05) is 6.08 Å². The average Bonchev–Trinajstić information content (AvgIpc) is 3.39. The maximum Gasteiger partial charge on any atom is 0.156 e. The Labute approximate surface area is 199 Å². The van der Waals surface area contributed by atoms with Crippen molar-refractivity contribution in [1.29, 1.82) is 0 Å². The molecule has 2 saturated carbocycles. The highest BCUT2D eigenvalue weighted by atomic mass is 16.5. The van der Waals surface area contributed by atoms with Gasteiger partial charge >= 0.3 is 0 Å². The van der Waals surface area contributed by atoms with Crippen LogP contribution in [-0.4, -0.2) is 32.1 Å². The quantitative estimate of drug-likeness (QED) is 0.524. The van der Waals surface area contributed by atoms with Crippen LogP contribution in [0.3, 0.4) is 0 Å². The first-order valence-corrected chi connectivity index (χ1v) is 13.2. The second-order valence-electron chi connectivity index (χ2n) is 12.0. The van der Waals surface area contributed by atoms with Crippen LogP contribution in [0.4, 0.5) is 5.69 Å². The SMILES string of the molecule is C[C@@H]1CC2C(=C3CCC(=O)C=C31)C(c1ccc(N(C)C)cc1)C[C@@]1(C)C2CC[C@@]12CCCO2. The van der Waals surface area contributed by atoms with Crippen molar-refractivity contribution in [3.05, 3.63) is 52.6 Å². The van der Waals surface area contributed by atoms with Gasteiger partial charge in [0, 0.05) is 44.1 Å². The molecule has 3 nitrogen and oxygen atoms in total. The number of carbonyl (C=O) groups excluding carboxylic acids is 1. The van der Waals surface area contributed by atoms with Crippen LogP contribution in [0.1, 0.15) is 76.7 Å². The summed E-state index contributed by atoms with van der Waals surface area (Å²) in [5.74, 6) is 2.58. The summed E-state index contributed by atoms with van der Waals surface area (Å²) in [6.07, 6.45) is 11.0. The molecule has 0 amide bonds. The van der Waals surface area contributed by atoms with E-state index in [0.717, 1.165) is 13.0 Å². The van der Waals surface area contributed by atoms with E-state index in [-0.39, 0.29) is 11.0 Å². The number of hydrogen-bond acceptors (Lipinski definition) is 3. The first-order valence-electron chi connectivity index (χ1n) is 13.2. The Kier molecular flexibility index (Phi) is 4.96. The van der Waals surface area contributed by atoms with Crippen LogP contribution in [0.5, 0.6) is 0 Å². The fourth-order valence-electron chi connectivity index (χ4n) is 8.68. The van der Waals surface area contributed by atoms with Crippen molar-refractivity contribution >= 4 is 11.5 Å². The third kappa shape index (κ3) is 3.07. The molecular formula is C30H39NO2. The Morgan fingerprint density at radius 1 is 1.09 bits per heavy atom. The van der Waals surface area contributed by atoms with Crippen LogP contribution in [-0.2, 0) is 9.53 Å². The van der Waals surface area contributed by atoms with Gasteiger partial charge in [-0.1, -0.05) is 31.6 Å². The van der Waals surface area contributed by atoms with Gasteiger partial charge in [-0.25, -0.2) is 0 Å². The minimum atomic E-state index is 0.0809. The summed E-state index contributed by atoms with van der Waals surface area (Å²) in [7, 11) is 4.22. The molecule has 1 aromatic carbocycles. The summed E-state index contributed by atoms with van der Waals surface area (Å²) >= 11 is 0. The number of rotatable bonds is 2. The number of allylic oxidation sites excluding steroid dienone is 4. The summed E-state index contributed by atoms with van der Waals surface area (Å²) in [6, 6.07) is 9.32. The molecule has 4 aliphatic carbocycles. The van der Waals surface area contributed by atoms with E-state index in [1.165, 1.54) is 55.3 Å². The first kappa shape index (κ1) is 21.6. The van der Waals surface area contributed by atoms with Gasteiger partial charge < -0.3 is 9.64 Å². The third-order valence-corrected chi connectivity index (χ3v) is 10.3. The summed E-state index contributed by atoms with van der Waals surface area (Å²) in [6.45, 7) is 5.89. The summed E-state index contributed by atoms with van der Waals surface area (Å²) in [5, 5.41) is 0. The van der Waals surface area contributed by atoms with Gasteiger partial charge in [-0.15, -0.1) is 0 Å². The summed E-state index contributed by atoms with van der Waals surface area (Å²) < 4.78 is 6.66. The minimum absolute atomic E-state index is 0.0809. The van der Waals surface area contributed by atoms with Crippen molar-refractivity contribution in [3.63, 3.8) is 0 Å². The lowest BCUT2D eigenvalue weighted by molar-refractivity contribution is -0.115. The molecule has 0 aromatic heterocycles. The largest absolute Gasteiger partial charge is 0.378 e. The Bertz CT molecular complexity index is 1030. The molecule has 0 N–H and O–H groups in total. The third-order valence-electron chi connectivity index (χ3n) is 10.3. The zero-order valence-corrected chi connectivity index (χ0v) is 20.8. The van der Waals surface area contributed by atoms with Gasteiger partial charge in [0.05, 0.1) is 5.60 Å². The van der Waals surface area contributed by atoms with Crippen molar-refractivity contribution < 1.29 is 9.53 Å². The Morgan fingerprint density at radius 3 is 2.58 bits per heavy atom. The van der Waals surface area contributed by atoms with Gasteiger partial charge in [0.15, 0.2) is 5.78 Å². The zero-order chi connectivity index (χ0) is 23.0. The molecule has 3 unspecified atom stereocenters. The summed E-state index contributed by atoms with van der Waals surface area (Å²) in [4.78, 5) is 14.5. The van der Waals surface area contributed by atoms with Crippen LogP contribution in [0.15, 0.2) is 47.1 Å².